The predicted molar refractivity (Wildman–Crippen MR) is 58.3 cm³/mol. The van der Waals surface area contributed by atoms with E-state index in [1.54, 1.807) is 19.3 Å². The van der Waals surface area contributed by atoms with E-state index < -0.39 is 0 Å². The monoisotopic (exact) mass is 208 g/mol. The molecule has 4 heteroatoms. The zero-order valence-corrected chi connectivity index (χ0v) is 9.30. The van der Waals surface area contributed by atoms with Gasteiger partial charge < -0.3 is 9.30 Å². The molecule has 0 N–H and O–H groups in total. The van der Waals surface area contributed by atoms with Crippen molar-refractivity contribution >= 4 is 12.0 Å². The fourth-order valence-corrected chi connectivity index (χ4v) is 1.06. The number of hydrogen-bond acceptors (Lipinski definition) is 3. The van der Waals surface area contributed by atoms with Crippen LogP contribution >= 0.6 is 0 Å². The van der Waals surface area contributed by atoms with E-state index in [0.29, 0.717) is 12.6 Å². The molecule has 0 fully saturated rings. The third-order valence-corrected chi connectivity index (χ3v) is 1.89. The van der Waals surface area contributed by atoms with Gasteiger partial charge in [0.15, 0.2) is 0 Å². The Morgan fingerprint density at radius 2 is 2.40 bits per heavy atom. The molecule has 0 spiro atoms. The minimum Gasteiger partial charge on any atom is -0.463 e. The second-order valence-electron chi connectivity index (χ2n) is 3.42. The predicted octanol–water partition coefficient (Wildman–Crippen LogP) is 2.04. The lowest BCUT2D eigenvalue weighted by Gasteiger charge is -2.03. The summed E-state index contributed by atoms with van der Waals surface area (Å²) >= 11 is 0. The Hall–Kier alpha value is -1.58. The number of aromatic nitrogens is 2. The molecule has 0 radical (unpaired) electrons. The van der Waals surface area contributed by atoms with Crippen molar-refractivity contribution in [2.24, 2.45) is 0 Å². The molecular weight excluding hydrogens is 192 g/mol. The van der Waals surface area contributed by atoms with E-state index in [1.165, 1.54) is 6.08 Å². The lowest BCUT2D eigenvalue weighted by atomic mass is 10.4. The summed E-state index contributed by atoms with van der Waals surface area (Å²) in [5, 5.41) is 0. The molecule has 0 unspecified atom stereocenters. The van der Waals surface area contributed by atoms with E-state index in [2.05, 4.69) is 18.8 Å². The standard InChI is InChI=1S/C11H16N2O2/c1-4-15-11(14)6-5-10-7-13(8-12-10)9(2)3/h5-9H,4H2,1-3H3. The summed E-state index contributed by atoms with van der Waals surface area (Å²) in [6.07, 6.45) is 6.67. The second-order valence-corrected chi connectivity index (χ2v) is 3.42. The zero-order chi connectivity index (χ0) is 11.3. The van der Waals surface area contributed by atoms with E-state index in [-0.39, 0.29) is 5.97 Å². The van der Waals surface area contributed by atoms with Crippen molar-refractivity contribution in [3.05, 3.63) is 24.3 Å². The van der Waals surface area contributed by atoms with Crippen LogP contribution in [-0.2, 0) is 9.53 Å². The Bertz CT molecular complexity index is 353. The van der Waals surface area contributed by atoms with Crippen LogP contribution in [0.25, 0.3) is 6.08 Å². The van der Waals surface area contributed by atoms with Gasteiger partial charge in [0.1, 0.15) is 0 Å². The van der Waals surface area contributed by atoms with E-state index in [4.69, 9.17) is 4.74 Å². The Balaban J connectivity index is 2.60. The third-order valence-electron chi connectivity index (χ3n) is 1.89. The number of nitrogens with zero attached hydrogens (tertiary/aromatic N) is 2. The maximum atomic E-state index is 11.0. The van der Waals surface area contributed by atoms with Crippen molar-refractivity contribution in [3.8, 4) is 0 Å². The number of carbonyl (C=O) groups excluding carboxylic acids is 1. The van der Waals surface area contributed by atoms with Crippen molar-refractivity contribution in [2.75, 3.05) is 6.61 Å². The van der Waals surface area contributed by atoms with Gasteiger partial charge in [-0.25, -0.2) is 9.78 Å². The molecule has 0 bridgehead atoms. The highest BCUT2D eigenvalue weighted by molar-refractivity contribution is 5.86. The van der Waals surface area contributed by atoms with Gasteiger partial charge in [-0.05, 0) is 26.8 Å². The first-order chi connectivity index (χ1) is 7.13. The Morgan fingerprint density at radius 3 is 2.93 bits per heavy atom. The van der Waals surface area contributed by atoms with E-state index in [1.807, 2.05) is 10.8 Å². The first-order valence-corrected chi connectivity index (χ1v) is 5.01. The largest absolute Gasteiger partial charge is 0.463 e. The Labute approximate surface area is 89.6 Å². The van der Waals surface area contributed by atoms with E-state index in [0.717, 1.165) is 5.69 Å². The highest BCUT2D eigenvalue weighted by atomic mass is 16.5. The molecule has 0 saturated heterocycles. The zero-order valence-electron chi connectivity index (χ0n) is 9.30. The van der Waals surface area contributed by atoms with Crippen molar-refractivity contribution in [3.63, 3.8) is 0 Å². The topological polar surface area (TPSA) is 44.1 Å². The molecule has 0 aliphatic carbocycles. The fourth-order valence-electron chi connectivity index (χ4n) is 1.06. The summed E-state index contributed by atoms with van der Waals surface area (Å²) in [6.45, 7) is 6.31. The molecule has 1 rings (SSSR count). The van der Waals surface area contributed by atoms with Crippen LogP contribution in [0.15, 0.2) is 18.6 Å². The van der Waals surface area contributed by atoms with Crippen molar-refractivity contribution < 1.29 is 9.53 Å². The third kappa shape index (κ3) is 3.58. The highest BCUT2D eigenvalue weighted by Crippen LogP contribution is 2.06. The van der Waals surface area contributed by atoms with Crippen LogP contribution in [0.3, 0.4) is 0 Å². The van der Waals surface area contributed by atoms with Crippen LogP contribution in [0.1, 0.15) is 32.5 Å². The van der Waals surface area contributed by atoms with Crippen LogP contribution in [0.4, 0.5) is 0 Å². The van der Waals surface area contributed by atoms with Crippen LogP contribution in [0.2, 0.25) is 0 Å². The molecule has 0 aromatic carbocycles. The van der Waals surface area contributed by atoms with Gasteiger partial charge in [-0.2, -0.15) is 0 Å². The minimum absolute atomic E-state index is 0.336. The number of carbonyl (C=O) groups is 1. The first-order valence-electron chi connectivity index (χ1n) is 5.01. The molecule has 0 amide bonds. The van der Waals surface area contributed by atoms with Gasteiger partial charge in [-0.3, -0.25) is 0 Å². The molecule has 1 heterocycles. The molecule has 4 nitrogen and oxygen atoms in total. The van der Waals surface area contributed by atoms with Crippen LogP contribution in [-0.4, -0.2) is 22.1 Å². The summed E-state index contributed by atoms with van der Waals surface area (Å²) in [4.78, 5) is 15.2. The summed E-state index contributed by atoms with van der Waals surface area (Å²) in [5.41, 5.74) is 0.761. The SMILES string of the molecule is CCOC(=O)C=Cc1cn(C(C)C)cn1. The van der Waals surface area contributed by atoms with Gasteiger partial charge in [0, 0.05) is 18.3 Å². The number of esters is 1. The van der Waals surface area contributed by atoms with Crippen molar-refractivity contribution in [2.45, 2.75) is 26.8 Å². The summed E-state index contributed by atoms with van der Waals surface area (Å²) < 4.78 is 6.73. The highest BCUT2D eigenvalue weighted by Gasteiger charge is 1.99. The summed E-state index contributed by atoms with van der Waals surface area (Å²) in [7, 11) is 0. The smallest absolute Gasteiger partial charge is 0.330 e. The second kappa shape index (κ2) is 5.34. The summed E-state index contributed by atoms with van der Waals surface area (Å²) in [6, 6.07) is 0.377. The van der Waals surface area contributed by atoms with Crippen LogP contribution in [0, 0.1) is 0 Å². The first kappa shape index (κ1) is 11.5. The van der Waals surface area contributed by atoms with Gasteiger partial charge in [0.25, 0.3) is 0 Å². The van der Waals surface area contributed by atoms with Gasteiger partial charge >= 0.3 is 5.97 Å². The summed E-state index contributed by atoms with van der Waals surface area (Å²) in [5.74, 6) is -0.336. The van der Waals surface area contributed by atoms with Gasteiger partial charge in [-0.15, -0.1) is 0 Å². The number of hydrogen-bond donors (Lipinski definition) is 0. The van der Waals surface area contributed by atoms with Crippen LogP contribution in [0.5, 0.6) is 0 Å². The molecule has 82 valence electrons. The maximum Gasteiger partial charge on any atom is 0.330 e. The molecule has 0 saturated carbocycles. The molecule has 15 heavy (non-hydrogen) atoms. The average Bonchev–Trinajstić information content (AvgIpc) is 2.63. The number of rotatable bonds is 4. The van der Waals surface area contributed by atoms with Gasteiger partial charge in [-0.1, -0.05) is 0 Å². The molecule has 1 aromatic heterocycles. The average molecular weight is 208 g/mol. The number of ether oxygens (including phenoxy) is 1. The van der Waals surface area contributed by atoms with Gasteiger partial charge in [0.2, 0.25) is 0 Å². The minimum atomic E-state index is -0.336. The normalized spacial score (nSPS) is 11.2. The van der Waals surface area contributed by atoms with Crippen molar-refractivity contribution in [1.29, 1.82) is 0 Å². The van der Waals surface area contributed by atoms with E-state index in [9.17, 15) is 4.79 Å². The van der Waals surface area contributed by atoms with Crippen molar-refractivity contribution in [1.82, 2.24) is 9.55 Å². The molecule has 1 aromatic rings. The Morgan fingerprint density at radius 1 is 1.67 bits per heavy atom. The molecule has 0 aliphatic rings. The molecular formula is C11H16N2O2. The van der Waals surface area contributed by atoms with Crippen LogP contribution < -0.4 is 0 Å². The number of imidazole rings is 1. The lowest BCUT2D eigenvalue weighted by Crippen LogP contribution is -1.98. The Kier molecular flexibility index (Phi) is 4.09. The van der Waals surface area contributed by atoms with E-state index >= 15 is 0 Å². The molecule has 0 aliphatic heterocycles. The maximum absolute atomic E-state index is 11.0. The lowest BCUT2D eigenvalue weighted by molar-refractivity contribution is -0.137. The van der Waals surface area contributed by atoms with Gasteiger partial charge in [0.05, 0.1) is 18.6 Å². The quantitative estimate of drug-likeness (QED) is 0.561. The molecule has 0 atom stereocenters. The fraction of sp³-hybridized carbons (Fsp3) is 0.455.